The van der Waals surface area contributed by atoms with Gasteiger partial charge in [-0.25, -0.2) is 4.79 Å². The second-order valence-corrected chi connectivity index (χ2v) is 5.37. The van der Waals surface area contributed by atoms with Crippen molar-refractivity contribution in [2.45, 2.75) is 19.4 Å². The molecule has 0 fully saturated rings. The van der Waals surface area contributed by atoms with Crippen LogP contribution >= 0.6 is 0 Å². The molecule has 0 saturated heterocycles. The van der Waals surface area contributed by atoms with E-state index in [-0.39, 0.29) is 13.0 Å². The van der Waals surface area contributed by atoms with Gasteiger partial charge in [-0.2, -0.15) is 0 Å². The molecule has 0 unspecified atom stereocenters. The number of hydrogen-bond donors (Lipinski definition) is 2. The van der Waals surface area contributed by atoms with Gasteiger partial charge in [0, 0.05) is 5.56 Å². The normalized spacial score (nSPS) is 12.4. The van der Waals surface area contributed by atoms with Crippen LogP contribution in [0.4, 0.5) is 0 Å². The van der Waals surface area contributed by atoms with Crippen LogP contribution in [-0.4, -0.2) is 50.6 Å². The molecule has 0 aliphatic rings. The minimum Gasteiger partial charge on any atom is -0.469 e. The molecule has 0 bridgehead atoms. The third-order valence-electron chi connectivity index (χ3n) is 3.50. The topological polar surface area (TPSA) is 111 Å². The van der Waals surface area contributed by atoms with E-state index in [0.717, 1.165) is 0 Å². The second-order valence-electron chi connectivity index (χ2n) is 5.37. The van der Waals surface area contributed by atoms with E-state index in [1.807, 2.05) is 0 Å². The van der Waals surface area contributed by atoms with Crippen molar-refractivity contribution in [3.63, 3.8) is 0 Å². The summed E-state index contributed by atoms with van der Waals surface area (Å²) in [6.07, 6.45) is -0.0626. The Morgan fingerprint density at radius 3 is 2.24 bits per heavy atom. The lowest BCUT2D eigenvalue weighted by molar-refractivity contribution is -0.148. The SMILES string of the molecule is COC(=O)C[C@H](C)[C@@H](NC(=O)CNC(=O)c1ccccc1)C(=O)OC. The summed E-state index contributed by atoms with van der Waals surface area (Å²) < 4.78 is 9.21. The molecule has 8 nitrogen and oxygen atoms in total. The maximum Gasteiger partial charge on any atom is 0.328 e. The molecular formula is C17H22N2O6. The Labute approximate surface area is 145 Å². The number of carbonyl (C=O) groups is 4. The predicted octanol–water partition coefficient (Wildman–Crippen LogP) is 0.273. The van der Waals surface area contributed by atoms with Crippen molar-refractivity contribution in [3.05, 3.63) is 35.9 Å². The Balaban J connectivity index is 2.61. The van der Waals surface area contributed by atoms with E-state index in [2.05, 4.69) is 20.1 Å². The first-order valence-electron chi connectivity index (χ1n) is 7.66. The van der Waals surface area contributed by atoms with E-state index in [1.54, 1.807) is 37.3 Å². The number of rotatable bonds is 8. The maximum absolute atomic E-state index is 12.0. The molecule has 2 N–H and O–H groups in total. The highest BCUT2D eigenvalue weighted by Crippen LogP contribution is 2.11. The van der Waals surface area contributed by atoms with Crippen molar-refractivity contribution in [1.29, 1.82) is 0 Å². The van der Waals surface area contributed by atoms with Crippen molar-refractivity contribution in [3.8, 4) is 0 Å². The van der Waals surface area contributed by atoms with Gasteiger partial charge in [-0.1, -0.05) is 25.1 Å². The average Bonchev–Trinajstić information content (AvgIpc) is 2.63. The summed E-state index contributed by atoms with van der Waals surface area (Å²) in [7, 11) is 2.42. The molecule has 25 heavy (non-hydrogen) atoms. The van der Waals surface area contributed by atoms with Crippen LogP contribution in [0.2, 0.25) is 0 Å². The Bertz CT molecular complexity index is 617. The first kappa shape index (κ1) is 20.1. The first-order chi connectivity index (χ1) is 11.9. The summed E-state index contributed by atoms with van der Waals surface area (Å²) in [6.45, 7) is 1.30. The molecule has 1 aromatic carbocycles. The highest BCUT2D eigenvalue weighted by molar-refractivity contribution is 5.96. The number of ether oxygens (including phenoxy) is 2. The third-order valence-corrected chi connectivity index (χ3v) is 3.50. The molecule has 136 valence electrons. The smallest absolute Gasteiger partial charge is 0.328 e. The minimum absolute atomic E-state index is 0.0626. The monoisotopic (exact) mass is 350 g/mol. The van der Waals surface area contributed by atoms with E-state index in [4.69, 9.17) is 0 Å². The number of methoxy groups -OCH3 is 2. The van der Waals surface area contributed by atoms with Gasteiger partial charge in [0.05, 0.1) is 27.2 Å². The number of benzene rings is 1. The first-order valence-corrected chi connectivity index (χ1v) is 7.66. The Kier molecular flexibility index (Phi) is 8.11. The van der Waals surface area contributed by atoms with Gasteiger partial charge in [0.15, 0.2) is 0 Å². The molecule has 0 radical (unpaired) electrons. The fourth-order valence-electron chi connectivity index (χ4n) is 2.10. The Hall–Kier alpha value is -2.90. The second kappa shape index (κ2) is 10.1. The molecule has 0 spiro atoms. The van der Waals surface area contributed by atoms with Crippen LogP contribution in [0.15, 0.2) is 30.3 Å². The van der Waals surface area contributed by atoms with Crippen LogP contribution < -0.4 is 10.6 Å². The molecule has 1 aromatic rings. The number of amides is 2. The van der Waals surface area contributed by atoms with Gasteiger partial charge < -0.3 is 20.1 Å². The zero-order valence-electron chi connectivity index (χ0n) is 14.4. The maximum atomic E-state index is 12.0. The lowest BCUT2D eigenvalue weighted by Gasteiger charge is -2.22. The summed E-state index contributed by atoms with van der Waals surface area (Å²) in [6, 6.07) is 7.39. The molecule has 2 atom stereocenters. The van der Waals surface area contributed by atoms with Gasteiger partial charge in [-0.3, -0.25) is 14.4 Å². The number of esters is 2. The fourth-order valence-corrected chi connectivity index (χ4v) is 2.10. The van der Waals surface area contributed by atoms with Crippen LogP contribution in [0.25, 0.3) is 0 Å². The molecule has 0 saturated carbocycles. The molecule has 8 heteroatoms. The summed E-state index contributed by atoms with van der Waals surface area (Å²) in [5.41, 5.74) is 0.416. The molecule has 1 rings (SSSR count). The highest BCUT2D eigenvalue weighted by Gasteiger charge is 2.29. The summed E-state index contributed by atoms with van der Waals surface area (Å²) in [5, 5.41) is 4.92. The molecular weight excluding hydrogens is 328 g/mol. The number of nitrogens with one attached hydrogen (secondary N) is 2. The van der Waals surface area contributed by atoms with Crippen molar-refractivity contribution in [2.24, 2.45) is 5.92 Å². The number of carbonyl (C=O) groups excluding carboxylic acids is 4. The summed E-state index contributed by atoms with van der Waals surface area (Å²) in [5.74, 6) is -2.70. The van der Waals surface area contributed by atoms with Crippen molar-refractivity contribution in [2.75, 3.05) is 20.8 Å². The van der Waals surface area contributed by atoms with Crippen LogP contribution in [-0.2, 0) is 23.9 Å². The van der Waals surface area contributed by atoms with Crippen LogP contribution in [0.1, 0.15) is 23.7 Å². The van der Waals surface area contributed by atoms with E-state index < -0.39 is 35.7 Å². The molecule has 0 aliphatic carbocycles. The van der Waals surface area contributed by atoms with Crippen molar-refractivity contribution >= 4 is 23.8 Å². The summed E-state index contributed by atoms with van der Waals surface area (Å²) >= 11 is 0. The minimum atomic E-state index is -1.02. The lowest BCUT2D eigenvalue weighted by atomic mass is 9.98. The Morgan fingerprint density at radius 2 is 1.68 bits per heavy atom. The van der Waals surface area contributed by atoms with Crippen LogP contribution in [0, 0.1) is 5.92 Å². The van der Waals surface area contributed by atoms with Crippen LogP contribution in [0.5, 0.6) is 0 Å². The largest absolute Gasteiger partial charge is 0.469 e. The standard InChI is InChI=1S/C17H22N2O6/c1-11(9-14(21)24-2)15(17(23)25-3)19-13(20)10-18-16(22)12-7-5-4-6-8-12/h4-8,11,15H,9-10H2,1-3H3,(H,18,22)(H,19,20)/t11-,15+/m0/s1. The van der Waals surface area contributed by atoms with Gasteiger partial charge in [-0.15, -0.1) is 0 Å². The van der Waals surface area contributed by atoms with Crippen molar-refractivity contribution in [1.82, 2.24) is 10.6 Å². The van der Waals surface area contributed by atoms with Gasteiger partial charge in [0.1, 0.15) is 6.04 Å². The molecule has 2 amide bonds. The van der Waals surface area contributed by atoms with Gasteiger partial charge in [0.2, 0.25) is 5.91 Å². The zero-order valence-corrected chi connectivity index (χ0v) is 14.4. The van der Waals surface area contributed by atoms with E-state index >= 15 is 0 Å². The number of hydrogen-bond acceptors (Lipinski definition) is 6. The van der Waals surface area contributed by atoms with Gasteiger partial charge >= 0.3 is 11.9 Å². The van der Waals surface area contributed by atoms with Crippen LogP contribution in [0.3, 0.4) is 0 Å². The van der Waals surface area contributed by atoms with Gasteiger partial charge in [0.25, 0.3) is 5.91 Å². The van der Waals surface area contributed by atoms with Crippen molar-refractivity contribution < 1.29 is 28.7 Å². The quantitative estimate of drug-likeness (QED) is 0.651. The fraction of sp³-hybridized carbons (Fsp3) is 0.412. The molecule has 0 heterocycles. The third kappa shape index (κ3) is 6.62. The Morgan fingerprint density at radius 1 is 1.04 bits per heavy atom. The predicted molar refractivity (Wildman–Crippen MR) is 88.5 cm³/mol. The van der Waals surface area contributed by atoms with E-state index in [0.29, 0.717) is 5.56 Å². The average molecular weight is 350 g/mol. The lowest BCUT2D eigenvalue weighted by Crippen LogP contribution is -2.49. The summed E-state index contributed by atoms with van der Waals surface area (Å²) in [4.78, 5) is 47.1. The zero-order chi connectivity index (χ0) is 18.8. The van der Waals surface area contributed by atoms with E-state index in [9.17, 15) is 19.2 Å². The van der Waals surface area contributed by atoms with E-state index in [1.165, 1.54) is 14.2 Å². The molecule has 0 aliphatic heterocycles. The molecule has 0 aromatic heterocycles. The highest BCUT2D eigenvalue weighted by atomic mass is 16.5. The van der Waals surface area contributed by atoms with Gasteiger partial charge in [-0.05, 0) is 18.1 Å².